The summed E-state index contributed by atoms with van der Waals surface area (Å²) >= 11 is 0. The van der Waals surface area contributed by atoms with Gasteiger partial charge in [-0.05, 0) is 67.3 Å². The van der Waals surface area contributed by atoms with E-state index >= 15 is 0 Å². The highest BCUT2D eigenvalue weighted by Crippen LogP contribution is 2.45. The summed E-state index contributed by atoms with van der Waals surface area (Å²) in [6, 6.07) is 12.1. The van der Waals surface area contributed by atoms with Crippen LogP contribution < -0.4 is 4.74 Å². The first-order valence-electron chi connectivity index (χ1n) is 14.6. The quantitative estimate of drug-likeness (QED) is 0.173. The lowest BCUT2D eigenvalue weighted by Gasteiger charge is -2.40. The van der Waals surface area contributed by atoms with Crippen molar-refractivity contribution in [2.75, 3.05) is 26.7 Å². The maximum Gasteiger partial charge on any atom is 0.420 e. The van der Waals surface area contributed by atoms with Crippen LogP contribution in [0.4, 0.5) is 35.1 Å². The van der Waals surface area contributed by atoms with Crippen molar-refractivity contribution in [2.24, 2.45) is 0 Å². The summed E-state index contributed by atoms with van der Waals surface area (Å²) in [4.78, 5) is 28.9. The fourth-order valence-electron chi connectivity index (χ4n) is 5.74. The van der Waals surface area contributed by atoms with Crippen LogP contribution in [0.3, 0.4) is 0 Å². The minimum Gasteiger partial charge on any atom is -0.495 e. The first kappa shape index (κ1) is 34.7. The van der Waals surface area contributed by atoms with Crippen molar-refractivity contribution in [2.45, 2.75) is 56.9 Å². The molecule has 0 aromatic heterocycles. The van der Waals surface area contributed by atoms with Crippen molar-refractivity contribution >= 4 is 11.8 Å². The molecule has 0 spiro atoms. The fraction of sp³-hybridized carbons (Fsp3) is 0.394. The Morgan fingerprint density at radius 1 is 0.826 bits per heavy atom. The molecule has 13 heteroatoms. The number of rotatable bonds is 9. The van der Waals surface area contributed by atoms with Crippen LogP contribution in [0.1, 0.15) is 71.1 Å². The fourth-order valence-corrected chi connectivity index (χ4v) is 5.74. The van der Waals surface area contributed by atoms with E-state index in [-0.39, 0.29) is 49.5 Å². The van der Waals surface area contributed by atoms with Crippen LogP contribution in [-0.4, -0.2) is 54.4 Å². The van der Waals surface area contributed by atoms with Crippen LogP contribution in [0.2, 0.25) is 0 Å². The van der Waals surface area contributed by atoms with Crippen LogP contribution in [0.15, 0.2) is 60.7 Å². The van der Waals surface area contributed by atoms with Gasteiger partial charge in [0, 0.05) is 43.6 Å². The number of hydrogen-bond donors (Lipinski definition) is 0. The van der Waals surface area contributed by atoms with Gasteiger partial charge in [0.25, 0.3) is 5.91 Å². The van der Waals surface area contributed by atoms with Crippen LogP contribution >= 0.6 is 0 Å². The zero-order chi connectivity index (χ0) is 33.8. The lowest BCUT2D eigenvalue weighted by molar-refractivity contribution is -0.145. The van der Waals surface area contributed by atoms with Crippen LogP contribution in [0, 0.1) is 11.6 Å². The number of unbranched alkanes of at least 4 members (excludes halogenated alkanes) is 1. The molecule has 0 aliphatic carbocycles. The lowest BCUT2D eigenvalue weighted by Crippen LogP contribution is -2.55. The van der Waals surface area contributed by atoms with Gasteiger partial charge in [-0.3, -0.25) is 9.59 Å². The van der Waals surface area contributed by atoms with E-state index in [1.807, 2.05) is 0 Å². The third-order valence-corrected chi connectivity index (χ3v) is 8.07. The molecule has 1 fully saturated rings. The molecule has 1 heterocycles. The number of carbonyl (C=O) groups excluding carboxylic acids is 2. The molecule has 1 atom stereocenters. The summed E-state index contributed by atoms with van der Waals surface area (Å²) in [5, 5.41) is 0. The molecule has 4 rings (SSSR count). The molecule has 3 aromatic rings. The van der Waals surface area contributed by atoms with E-state index in [4.69, 9.17) is 0 Å². The molecule has 0 saturated carbocycles. The molecule has 3 aromatic carbocycles. The second-order valence-electron chi connectivity index (χ2n) is 11.2. The molecule has 1 saturated heterocycles. The maximum atomic E-state index is 13.6. The van der Waals surface area contributed by atoms with E-state index in [9.17, 15) is 44.7 Å². The van der Waals surface area contributed by atoms with Crippen molar-refractivity contribution in [1.29, 1.82) is 0 Å². The van der Waals surface area contributed by atoms with E-state index in [0.717, 1.165) is 16.0 Å². The number of alkyl halides is 6. The number of amides is 2. The molecule has 0 bridgehead atoms. The number of carbonyl (C=O) groups is 2. The molecule has 0 unspecified atom stereocenters. The molecule has 1 aliphatic rings. The maximum absolute atomic E-state index is 13.6. The van der Waals surface area contributed by atoms with Crippen molar-refractivity contribution in [3.63, 3.8) is 0 Å². The summed E-state index contributed by atoms with van der Waals surface area (Å²) < 4.78 is 113. The van der Waals surface area contributed by atoms with Gasteiger partial charge < -0.3 is 14.5 Å². The Balaban J connectivity index is 1.38. The minimum atomic E-state index is -5.21. The monoisotopic (exact) mass is 656 g/mol. The number of halogens is 8. The van der Waals surface area contributed by atoms with Gasteiger partial charge in [0.05, 0.1) is 18.2 Å². The van der Waals surface area contributed by atoms with E-state index in [0.29, 0.717) is 38.5 Å². The van der Waals surface area contributed by atoms with Crippen LogP contribution in [-0.2, 0) is 17.1 Å². The van der Waals surface area contributed by atoms with Gasteiger partial charge in [0.2, 0.25) is 5.91 Å². The van der Waals surface area contributed by atoms with Crippen molar-refractivity contribution in [3.05, 3.63) is 100 Å². The number of methoxy groups -OCH3 is 1. The molecule has 1 aliphatic heterocycles. The van der Waals surface area contributed by atoms with Gasteiger partial charge in [-0.25, -0.2) is 8.78 Å². The highest BCUT2D eigenvalue weighted by atomic mass is 19.4. The van der Waals surface area contributed by atoms with Crippen molar-refractivity contribution in [3.8, 4) is 5.75 Å². The Labute approximate surface area is 260 Å². The molecule has 0 radical (unpaired) electrons. The normalized spacial score (nSPS) is 15.8. The minimum absolute atomic E-state index is 0.0484. The standard InChI is InChI=1S/C33H32F8N2O3/c1-20-19-42(15-16-43(20)31(45)23-17-27(32(36,37)38)30(46-2)28(18-23)33(39,40)41)29(44)6-4-3-5-26(21-7-11-24(34)12-8-21)22-9-13-25(35)14-10-22/h7-14,17-18,20,26H,3-6,15-16,19H2,1-2H3/t20-/m0/s1. The third kappa shape index (κ3) is 8.16. The largest absolute Gasteiger partial charge is 0.495 e. The van der Waals surface area contributed by atoms with Gasteiger partial charge in [-0.1, -0.05) is 30.7 Å². The first-order valence-corrected chi connectivity index (χ1v) is 14.6. The number of nitrogens with zero attached hydrogens (tertiary/aromatic N) is 2. The van der Waals surface area contributed by atoms with Crippen molar-refractivity contribution in [1.82, 2.24) is 9.80 Å². The average molecular weight is 657 g/mol. The number of hydrogen-bond acceptors (Lipinski definition) is 3. The van der Waals surface area contributed by atoms with Gasteiger partial charge >= 0.3 is 12.4 Å². The molecule has 46 heavy (non-hydrogen) atoms. The Morgan fingerprint density at radius 3 is 1.76 bits per heavy atom. The molecule has 0 N–H and O–H groups in total. The highest BCUT2D eigenvalue weighted by molar-refractivity contribution is 5.95. The zero-order valence-electron chi connectivity index (χ0n) is 25.0. The van der Waals surface area contributed by atoms with E-state index < -0.39 is 46.7 Å². The Hall–Kier alpha value is -4.16. The highest BCUT2D eigenvalue weighted by Gasteiger charge is 2.43. The van der Waals surface area contributed by atoms with E-state index in [1.54, 1.807) is 31.2 Å². The third-order valence-electron chi connectivity index (χ3n) is 8.07. The average Bonchev–Trinajstić information content (AvgIpc) is 3.00. The number of piperazine rings is 1. The van der Waals surface area contributed by atoms with Crippen molar-refractivity contribution < 1.29 is 49.4 Å². The topological polar surface area (TPSA) is 49.9 Å². The van der Waals surface area contributed by atoms with E-state index in [1.165, 1.54) is 29.2 Å². The molecular weight excluding hydrogens is 624 g/mol. The summed E-state index contributed by atoms with van der Waals surface area (Å²) in [5.41, 5.74) is -2.53. The smallest absolute Gasteiger partial charge is 0.420 e. The van der Waals surface area contributed by atoms with Gasteiger partial charge in [-0.15, -0.1) is 0 Å². The summed E-state index contributed by atoms with van der Waals surface area (Å²) in [6.07, 6.45) is -8.54. The van der Waals surface area contributed by atoms with Gasteiger partial charge in [-0.2, -0.15) is 26.3 Å². The zero-order valence-corrected chi connectivity index (χ0v) is 25.0. The van der Waals surface area contributed by atoms with Crippen LogP contribution in [0.5, 0.6) is 5.75 Å². The predicted molar refractivity (Wildman–Crippen MR) is 153 cm³/mol. The predicted octanol–water partition coefficient (Wildman–Crippen LogP) is 8.08. The second kappa shape index (κ2) is 14.1. The molecular formula is C33H32F8N2O3. The first-order chi connectivity index (χ1) is 21.6. The Bertz CT molecular complexity index is 1440. The lowest BCUT2D eigenvalue weighted by atomic mass is 9.87. The van der Waals surface area contributed by atoms with Crippen LogP contribution in [0.25, 0.3) is 0 Å². The summed E-state index contributed by atoms with van der Waals surface area (Å²) in [6.45, 7) is 1.58. The van der Waals surface area contributed by atoms with Gasteiger partial charge in [0.15, 0.2) is 0 Å². The Kier molecular flexibility index (Phi) is 10.6. The molecule has 5 nitrogen and oxygen atoms in total. The summed E-state index contributed by atoms with van der Waals surface area (Å²) in [5.74, 6) is -3.57. The molecule has 2 amide bonds. The van der Waals surface area contributed by atoms with E-state index in [2.05, 4.69) is 4.74 Å². The Morgan fingerprint density at radius 2 is 1.33 bits per heavy atom. The molecule has 248 valence electrons. The number of ether oxygens (including phenoxy) is 1. The second-order valence-corrected chi connectivity index (χ2v) is 11.2. The number of benzene rings is 3. The van der Waals surface area contributed by atoms with Gasteiger partial charge in [0.1, 0.15) is 17.4 Å². The SMILES string of the molecule is COc1c(C(F)(F)F)cc(C(=O)N2CCN(C(=O)CCCCC(c3ccc(F)cc3)c3ccc(F)cc3)C[C@@H]2C)cc1C(F)(F)F. The summed E-state index contributed by atoms with van der Waals surface area (Å²) in [7, 11) is 0.690.